The third-order valence-corrected chi connectivity index (χ3v) is 6.59. The van der Waals surface area contributed by atoms with E-state index in [0.29, 0.717) is 32.2 Å². The Morgan fingerprint density at radius 3 is 2.69 bits per heavy atom. The minimum absolute atomic E-state index is 0.0610. The van der Waals surface area contributed by atoms with Crippen LogP contribution < -0.4 is 5.32 Å². The highest BCUT2D eigenvalue weighted by Crippen LogP contribution is 2.36. The van der Waals surface area contributed by atoms with Crippen molar-refractivity contribution in [2.45, 2.75) is 19.3 Å². The molecule has 1 amide bonds. The second-order valence-corrected chi connectivity index (χ2v) is 9.62. The number of rotatable bonds is 7. The molecule has 0 radical (unpaired) electrons. The van der Waals surface area contributed by atoms with Crippen LogP contribution in [0.25, 0.3) is 17.2 Å². The fourth-order valence-corrected chi connectivity index (χ4v) is 5.11. The Balaban J connectivity index is 1.71. The van der Waals surface area contributed by atoms with E-state index < -0.39 is 30.1 Å². The van der Waals surface area contributed by atoms with Gasteiger partial charge in [-0.05, 0) is 47.2 Å². The molecular weight excluding hydrogens is 476 g/mol. The number of carboxylic acids is 1. The molecular formula is C22H17F2NO4S3. The number of hydrogen-bond donors (Lipinski definition) is 2. The SMILES string of the molecule is O=C(O)CNC(=O)CC/C=C1/CC(=S)S/C(=C\c2cc(-c3ccc(F)c(F)c3)cs2)C1=O. The fraction of sp³-hybridized carbons (Fsp3) is 0.182. The number of thioether (sulfide) groups is 1. The summed E-state index contributed by atoms with van der Waals surface area (Å²) >= 11 is 7.89. The Kier molecular flexibility index (Phi) is 8.05. The molecule has 1 aromatic heterocycles. The summed E-state index contributed by atoms with van der Waals surface area (Å²) < 4.78 is 27.3. The summed E-state index contributed by atoms with van der Waals surface area (Å²) in [7, 11) is 0. The second-order valence-electron chi connectivity index (χ2n) is 6.79. The number of aliphatic carboxylic acids is 1. The normalized spacial score (nSPS) is 16.6. The van der Waals surface area contributed by atoms with Gasteiger partial charge in [-0.25, -0.2) is 8.78 Å². The fourth-order valence-electron chi connectivity index (χ4n) is 2.88. The standard InChI is InChI=1S/C22H17F2NO4S3/c23-16-5-4-12(7-17(16)24)14-6-15(31-11-14)9-18-22(29)13(8-21(30)32-18)2-1-3-19(26)25-10-20(27)28/h2,4-7,9,11H,1,3,8,10H2,(H,25,26)(H,27,28)/b13-2-,18-9-. The smallest absolute Gasteiger partial charge is 0.322 e. The van der Waals surface area contributed by atoms with Crippen LogP contribution in [0.1, 0.15) is 24.1 Å². The lowest BCUT2D eigenvalue weighted by Gasteiger charge is -2.16. The first-order chi connectivity index (χ1) is 15.2. The highest BCUT2D eigenvalue weighted by Gasteiger charge is 2.25. The van der Waals surface area contributed by atoms with Crippen LogP contribution in [0.2, 0.25) is 0 Å². The predicted octanol–water partition coefficient (Wildman–Crippen LogP) is 4.98. The van der Waals surface area contributed by atoms with Gasteiger partial charge < -0.3 is 10.4 Å². The van der Waals surface area contributed by atoms with E-state index in [-0.39, 0.29) is 18.6 Å². The van der Waals surface area contributed by atoms with E-state index >= 15 is 0 Å². The topological polar surface area (TPSA) is 83.5 Å². The van der Waals surface area contributed by atoms with Gasteiger partial charge >= 0.3 is 5.97 Å². The van der Waals surface area contributed by atoms with Crippen LogP contribution >= 0.6 is 35.3 Å². The molecule has 1 saturated heterocycles. The van der Waals surface area contributed by atoms with Gasteiger partial charge in [0.2, 0.25) is 5.91 Å². The number of allylic oxidation sites excluding steroid dienone is 3. The number of amides is 1. The maximum Gasteiger partial charge on any atom is 0.322 e. The number of nitrogens with one attached hydrogen (secondary N) is 1. The van der Waals surface area contributed by atoms with E-state index in [1.807, 2.05) is 0 Å². The largest absolute Gasteiger partial charge is 0.480 e. The first-order valence-electron chi connectivity index (χ1n) is 9.41. The monoisotopic (exact) mass is 493 g/mol. The van der Waals surface area contributed by atoms with Crippen molar-refractivity contribution in [2.75, 3.05) is 6.54 Å². The number of hydrogen-bond acceptors (Lipinski definition) is 6. The Bertz CT molecular complexity index is 1150. The third kappa shape index (κ3) is 6.41. The molecule has 166 valence electrons. The lowest BCUT2D eigenvalue weighted by Crippen LogP contribution is -2.28. The van der Waals surface area contributed by atoms with Crippen LogP contribution in [0.3, 0.4) is 0 Å². The summed E-state index contributed by atoms with van der Waals surface area (Å²) in [5.74, 6) is -3.57. The Morgan fingerprint density at radius 1 is 1.19 bits per heavy atom. The van der Waals surface area contributed by atoms with Crippen molar-refractivity contribution in [3.8, 4) is 11.1 Å². The zero-order valence-corrected chi connectivity index (χ0v) is 19.0. The number of thiocarbonyl (C=S) groups is 1. The van der Waals surface area contributed by atoms with Gasteiger partial charge in [0.15, 0.2) is 17.4 Å². The van der Waals surface area contributed by atoms with Crippen molar-refractivity contribution in [1.29, 1.82) is 0 Å². The van der Waals surface area contributed by atoms with Gasteiger partial charge in [0.1, 0.15) is 6.54 Å². The minimum Gasteiger partial charge on any atom is -0.480 e. The molecule has 2 aromatic rings. The maximum atomic E-state index is 13.5. The van der Waals surface area contributed by atoms with Gasteiger partial charge in [0.25, 0.3) is 0 Å². The van der Waals surface area contributed by atoms with Crippen LogP contribution in [0.4, 0.5) is 8.78 Å². The zero-order valence-electron chi connectivity index (χ0n) is 16.5. The number of halogens is 2. The van der Waals surface area contributed by atoms with Crippen LogP contribution in [-0.4, -0.2) is 33.5 Å². The summed E-state index contributed by atoms with van der Waals surface area (Å²) in [6.45, 7) is -0.449. The summed E-state index contributed by atoms with van der Waals surface area (Å²) in [6.07, 6.45) is 4.03. The third-order valence-electron chi connectivity index (χ3n) is 4.42. The quantitative estimate of drug-likeness (QED) is 0.418. The average molecular weight is 494 g/mol. The molecule has 0 atom stereocenters. The van der Waals surface area contributed by atoms with Crippen LogP contribution in [0, 0.1) is 11.6 Å². The van der Waals surface area contributed by atoms with Crippen molar-refractivity contribution in [2.24, 2.45) is 0 Å². The van der Waals surface area contributed by atoms with Crippen molar-refractivity contribution >= 4 is 63.2 Å². The molecule has 3 rings (SSSR count). The van der Waals surface area contributed by atoms with Gasteiger partial charge in [-0.15, -0.1) is 11.3 Å². The number of ketones is 1. The minimum atomic E-state index is -1.13. The highest BCUT2D eigenvalue weighted by atomic mass is 32.2. The van der Waals surface area contributed by atoms with Gasteiger partial charge in [-0.3, -0.25) is 14.4 Å². The number of carbonyl (C=O) groups is 3. The summed E-state index contributed by atoms with van der Waals surface area (Å²) in [5.41, 5.74) is 1.73. The lowest BCUT2D eigenvalue weighted by molar-refractivity contribution is -0.137. The lowest BCUT2D eigenvalue weighted by atomic mass is 10.0. The van der Waals surface area contributed by atoms with E-state index in [1.54, 1.807) is 23.6 Å². The van der Waals surface area contributed by atoms with Gasteiger partial charge in [0, 0.05) is 23.3 Å². The molecule has 0 unspecified atom stereocenters. The molecule has 1 aliphatic heterocycles. The van der Waals surface area contributed by atoms with Gasteiger partial charge in [0.05, 0.1) is 9.10 Å². The Labute approximate surface area is 196 Å². The van der Waals surface area contributed by atoms with Crippen LogP contribution in [0.15, 0.2) is 46.2 Å². The molecule has 10 heteroatoms. The van der Waals surface area contributed by atoms with E-state index in [0.717, 1.165) is 17.0 Å². The molecule has 1 fully saturated rings. The predicted molar refractivity (Wildman–Crippen MR) is 125 cm³/mol. The summed E-state index contributed by atoms with van der Waals surface area (Å²) in [6, 6.07) is 5.46. The molecule has 1 aromatic carbocycles. The summed E-state index contributed by atoms with van der Waals surface area (Å²) in [5, 5.41) is 12.6. The molecule has 2 N–H and O–H groups in total. The van der Waals surface area contributed by atoms with E-state index in [2.05, 4.69) is 5.32 Å². The molecule has 2 heterocycles. The first-order valence-corrected chi connectivity index (χ1v) is 11.5. The van der Waals surface area contributed by atoms with Crippen molar-refractivity contribution < 1.29 is 28.3 Å². The summed E-state index contributed by atoms with van der Waals surface area (Å²) in [4.78, 5) is 36.2. The van der Waals surface area contributed by atoms with E-state index in [1.165, 1.54) is 29.2 Å². The van der Waals surface area contributed by atoms with Crippen molar-refractivity contribution in [3.05, 3.63) is 62.7 Å². The molecule has 5 nitrogen and oxygen atoms in total. The van der Waals surface area contributed by atoms with Crippen LogP contribution in [-0.2, 0) is 14.4 Å². The molecule has 0 saturated carbocycles. The first kappa shape index (κ1) is 24.0. The van der Waals surface area contributed by atoms with E-state index in [4.69, 9.17) is 17.3 Å². The molecule has 0 bridgehead atoms. The zero-order chi connectivity index (χ0) is 23.3. The van der Waals surface area contributed by atoms with Crippen LogP contribution in [0.5, 0.6) is 0 Å². The number of benzene rings is 1. The second kappa shape index (κ2) is 10.8. The molecule has 0 spiro atoms. The van der Waals surface area contributed by atoms with E-state index in [9.17, 15) is 23.2 Å². The Morgan fingerprint density at radius 2 is 1.97 bits per heavy atom. The number of carboxylic acid groups (broad SMARTS) is 1. The number of thiophene rings is 1. The molecule has 1 aliphatic rings. The maximum absolute atomic E-state index is 13.5. The van der Waals surface area contributed by atoms with Gasteiger partial charge in [-0.1, -0.05) is 36.1 Å². The number of Topliss-reactive ketones (excluding diaryl/α,β-unsaturated/α-hetero) is 1. The Hall–Kier alpha value is -2.69. The molecule has 0 aliphatic carbocycles. The van der Waals surface area contributed by atoms with Crippen molar-refractivity contribution in [1.82, 2.24) is 5.32 Å². The average Bonchev–Trinajstić information content (AvgIpc) is 3.20. The highest BCUT2D eigenvalue weighted by molar-refractivity contribution is 8.26. The van der Waals surface area contributed by atoms with Crippen molar-refractivity contribution in [3.63, 3.8) is 0 Å². The van der Waals surface area contributed by atoms with Gasteiger partial charge in [-0.2, -0.15) is 0 Å². The molecule has 32 heavy (non-hydrogen) atoms. The number of carbonyl (C=O) groups excluding carboxylic acids is 2.